The smallest absolute Gasteiger partial charge is 0.243 e. The molecule has 23 heavy (non-hydrogen) atoms. The summed E-state index contributed by atoms with van der Waals surface area (Å²) in [5.41, 5.74) is 0. The maximum absolute atomic E-state index is 11.6. The average molecular weight is 318 g/mol. The molecule has 0 spiro atoms. The highest BCUT2D eigenvalue weighted by atomic mass is 16.5. The summed E-state index contributed by atoms with van der Waals surface area (Å²) in [4.78, 5) is 17.3. The van der Waals surface area contributed by atoms with Crippen molar-refractivity contribution in [3.05, 3.63) is 43.0 Å². The lowest BCUT2D eigenvalue weighted by atomic mass is 10.3. The molecule has 6 heteroatoms. The van der Waals surface area contributed by atoms with Gasteiger partial charge >= 0.3 is 0 Å². The van der Waals surface area contributed by atoms with E-state index in [-0.39, 0.29) is 12.5 Å². The average Bonchev–Trinajstić information content (AvgIpc) is 2.56. The van der Waals surface area contributed by atoms with E-state index in [4.69, 9.17) is 4.74 Å². The number of nitrogens with one attached hydrogen (secondary N) is 2. The summed E-state index contributed by atoms with van der Waals surface area (Å²) in [7, 11) is 3.42. The third-order valence-electron chi connectivity index (χ3n) is 2.91. The molecule has 126 valence electrons. The number of carbonyl (C=O) groups excluding carboxylic acids is 1. The van der Waals surface area contributed by atoms with Crippen LogP contribution in [0, 0.1) is 0 Å². The first-order chi connectivity index (χ1) is 11.1. The van der Waals surface area contributed by atoms with Crippen LogP contribution < -0.4 is 15.4 Å². The molecule has 0 atom stereocenters. The normalized spacial score (nSPS) is 10.8. The van der Waals surface area contributed by atoms with Crippen LogP contribution in [0.5, 0.6) is 5.75 Å². The maximum Gasteiger partial charge on any atom is 0.243 e. The Kier molecular flexibility index (Phi) is 8.97. The number of nitrogens with zero attached hydrogens (tertiary/aromatic N) is 2. The van der Waals surface area contributed by atoms with Gasteiger partial charge in [0, 0.05) is 27.2 Å². The lowest BCUT2D eigenvalue weighted by Crippen LogP contribution is -2.39. The number of guanidine groups is 1. The largest absolute Gasteiger partial charge is 0.494 e. The van der Waals surface area contributed by atoms with Crippen LogP contribution in [0.15, 0.2) is 48.0 Å². The Labute approximate surface area is 138 Å². The van der Waals surface area contributed by atoms with Gasteiger partial charge in [-0.3, -0.25) is 4.79 Å². The molecule has 1 amide bonds. The summed E-state index contributed by atoms with van der Waals surface area (Å²) in [6.45, 7) is 5.67. The van der Waals surface area contributed by atoms with Gasteiger partial charge in [-0.1, -0.05) is 24.3 Å². The molecule has 0 aliphatic carbocycles. The number of ether oxygens (including phenoxy) is 1. The fourth-order valence-corrected chi connectivity index (χ4v) is 1.62. The van der Waals surface area contributed by atoms with Gasteiger partial charge in [-0.2, -0.15) is 0 Å². The first kappa shape index (κ1) is 18.5. The van der Waals surface area contributed by atoms with E-state index >= 15 is 0 Å². The van der Waals surface area contributed by atoms with Crippen LogP contribution in [-0.4, -0.2) is 57.1 Å². The molecule has 0 bridgehead atoms. The molecule has 1 rings (SSSR count). The lowest BCUT2D eigenvalue weighted by molar-refractivity contribution is -0.127. The SMILES string of the molecule is C=CCNC(=NCC(=O)N(C)C)NCCCOc1ccccc1. The highest BCUT2D eigenvalue weighted by Gasteiger charge is 2.03. The topological polar surface area (TPSA) is 66.0 Å². The van der Waals surface area contributed by atoms with E-state index in [1.54, 1.807) is 20.2 Å². The van der Waals surface area contributed by atoms with Crippen molar-refractivity contribution in [2.45, 2.75) is 6.42 Å². The van der Waals surface area contributed by atoms with E-state index in [1.165, 1.54) is 4.90 Å². The van der Waals surface area contributed by atoms with Crippen molar-refractivity contribution in [3.63, 3.8) is 0 Å². The van der Waals surface area contributed by atoms with Gasteiger partial charge in [0.1, 0.15) is 12.3 Å². The third-order valence-corrected chi connectivity index (χ3v) is 2.91. The summed E-state index contributed by atoms with van der Waals surface area (Å²) in [5, 5.41) is 6.26. The minimum atomic E-state index is -0.0443. The molecule has 2 N–H and O–H groups in total. The van der Waals surface area contributed by atoms with Crippen molar-refractivity contribution in [2.24, 2.45) is 4.99 Å². The van der Waals surface area contributed by atoms with Crippen molar-refractivity contribution < 1.29 is 9.53 Å². The molecular formula is C17H26N4O2. The van der Waals surface area contributed by atoms with Crippen molar-refractivity contribution in [3.8, 4) is 5.75 Å². The first-order valence-electron chi connectivity index (χ1n) is 7.64. The zero-order valence-corrected chi connectivity index (χ0v) is 13.9. The van der Waals surface area contributed by atoms with Gasteiger partial charge in [0.2, 0.25) is 5.91 Å². The predicted molar refractivity (Wildman–Crippen MR) is 93.8 cm³/mol. The monoisotopic (exact) mass is 318 g/mol. The fraction of sp³-hybridized carbons (Fsp3) is 0.412. The molecule has 0 heterocycles. The Bertz CT molecular complexity index is 501. The molecule has 0 aliphatic heterocycles. The molecule has 0 fully saturated rings. The minimum Gasteiger partial charge on any atom is -0.494 e. The van der Waals surface area contributed by atoms with Crippen molar-refractivity contribution in [1.82, 2.24) is 15.5 Å². The highest BCUT2D eigenvalue weighted by molar-refractivity contribution is 5.84. The summed E-state index contributed by atoms with van der Waals surface area (Å²) in [5.74, 6) is 1.42. The number of carbonyl (C=O) groups is 1. The zero-order chi connectivity index (χ0) is 16.9. The van der Waals surface area contributed by atoms with Crippen LogP contribution in [0.4, 0.5) is 0 Å². The molecule has 0 aliphatic rings. The van der Waals surface area contributed by atoms with Crippen LogP contribution in [0.1, 0.15) is 6.42 Å². The Morgan fingerprint density at radius 1 is 1.30 bits per heavy atom. The quantitative estimate of drug-likeness (QED) is 0.311. The number of hydrogen-bond acceptors (Lipinski definition) is 3. The summed E-state index contributed by atoms with van der Waals surface area (Å²) in [6.07, 6.45) is 2.56. The summed E-state index contributed by atoms with van der Waals surface area (Å²) >= 11 is 0. The van der Waals surface area contributed by atoms with E-state index in [0.717, 1.165) is 12.2 Å². The van der Waals surface area contributed by atoms with Gasteiger partial charge in [-0.15, -0.1) is 6.58 Å². The Morgan fingerprint density at radius 2 is 2.04 bits per heavy atom. The fourth-order valence-electron chi connectivity index (χ4n) is 1.62. The molecule has 1 aromatic rings. The standard InChI is InChI=1S/C17H26N4O2/c1-4-11-18-17(20-14-16(22)21(2)3)19-12-8-13-23-15-9-6-5-7-10-15/h4-7,9-10H,1,8,11-14H2,2-3H3,(H2,18,19,20). The highest BCUT2D eigenvalue weighted by Crippen LogP contribution is 2.07. The molecule has 6 nitrogen and oxygen atoms in total. The number of benzene rings is 1. The van der Waals surface area contributed by atoms with Crippen molar-refractivity contribution in [2.75, 3.05) is 40.3 Å². The molecule has 0 saturated carbocycles. The predicted octanol–water partition coefficient (Wildman–Crippen LogP) is 1.26. The zero-order valence-electron chi connectivity index (χ0n) is 13.9. The second kappa shape index (κ2) is 11.1. The Morgan fingerprint density at radius 3 is 2.70 bits per heavy atom. The van der Waals surface area contributed by atoms with Crippen molar-refractivity contribution >= 4 is 11.9 Å². The summed E-state index contributed by atoms with van der Waals surface area (Å²) in [6, 6.07) is 9.70. The van der Waals surface area contributed by atoms with Gasteiger partial charge in [-0.25, -0.2) is 4.99 Å². The van der Waals surface area contributed by atoms with Crippen LogP contribution >= 0.6 is 0 Å². The van der Waals surface area contributed by atoms with Crippen LogP contribution in [0.2, 0.25) is 0 Å². The first-order valence-corrected chi connectivity index (χ1v) is 7.64. The van der Waals surface area contributed by atoms with Crippen molar-refractivity contribution in [1.29, 1.82) is 0 Å². The van der Waals surface area contributed by atoms with E-state index in [1.807, 2.05) is 30.3 Å². The van der Waals surface area contributed by atoms with Gasteiger partial charge in [-0.05, 0) is 18.6 Å². The molecule has 0 aromatic heterocycles. The molecule has 0 radical (unpaired) electrons. The Hall–Kier alpha value is -2.50. The number of aliphatic imine (C=N–C) groups is 1. The summed E-state index contributed by atoms with van der Waals surface area (Å²) < 4.78 is 5.62. The van der Waals surface area contributed by atoms with E-state index < -0.39 is 0 Å². The molecular weight excluding hydrogens is 292 g/mol. The second-order valence-corrected chi connectivity index (χ2v) is 5.06. The number of para-hydroxylation sites is 1. The van der Waals surface area contributed by atoms with Crippen LogP contribution in [-0.2, 0) is 4.79 Å². The van der Waals surface area contributed by atoms with E-state index in [2.05, 4.69) is 22.2 Å². The van der Waals surface area contributed by atoms with Crippen LogP contribution in [0.3, 0.4) is 0 Å². The maximum atomic E-state index is 11.6. The second-order valence-electron chi connectivity index (χ2n) is 5.06. The number of amides is 1. The molecule has 1 aromatic carbocycles. The number of likely N-dealkylation sites (N-methyl/N-ethyl adjacent to an activating group) is 1. The lowest BCUT2D eigenvalue weighted by Gasteiger charge is -2.13. The van der Waals surface area contributed by atoms with Gasteiger partial charge in [0.15, 0.2) is 5.96 Å². The minimum absolute atomic E-state index is 0.0443. The number of hydrogen-bond donors (Lipinski definition) is 2. The number of rotatable bonds is 9. The van der Waals surface area contributed by atoms with Gasteiger partial charge in [0.25, 0.3) is 0 Å². The molecule has 0 unspecified atom stereocenters. The van der Waals surface area contributed by atoms with Gasteiger partial charge in [0.05, 0.1) is 6.61 Å². The van der Waals surface area contributed by atoms with Gasteiger partial charge < -0.3 is 20.3 Å². The van der Waals surface area contributed by atoms with E-state index in [0.29, 0.717) is 25.7 Å². The van der Waals surface area contributed by atoms with E-state index in [9.17, 15) is 4.79 Å². The molecule has 0 saturated heterocycles. The Balaban J connectivity index is 2.31. The third kappa shape index (κ3) is 8.50. The van der Waals surface area contributed by atoms with Crippen LogP contribution in [0.25, 0.3) is 0 Å².